The molecule has 114 valence electrons. The second-order valence-electron chi connectivity index (χ2n) is 5.31. The SMILES string of the molecule is CCCc1c(NC)ncnc1NC(C)Cc1ccc(C)s1. The van der Waals surface area contributed by atoms with Crippen molar-refractivity contribution in [1.82, 2.24) is 9.97 Å². The number of nitrogens with zero attached hydrogens (tertiary/aromatic N) is 2. The highest BCUT2D eigenvalue weighted by Crippen LogP contribution is 2.23. The van der Waals surface area contributed by atoms with Crippen molar-refractivity contribution in [3.8, 4) is 0 Å². The van der Waals surface area contributed by atoms with E-state index in [0.717, 1.165) is 30.9 Å². The van der Waals surface area contributed by atoms with Crippen molar-refractivity contribution in [3.05, 3.63) is 33.8 Å². The Labute approximate surface area is 131 Å². The molecule has 0 fully saturated rings. The minimum atomic E-state index is 0.346. The molecule has 0 amide bonds. The van der Waals surface area contributed by atoms with Gasteiger partial charge in [0, 0.05) is 34.8 Å². The molecule has 4 nitrogen and oxygen atoms in total. The molecule has 2 N–H and O–H groups in total. The summed E-state index contributed by atoms with van der Waals surface area (Å²) in [5, 5.41) is 6.70. The molecule has 0 saturated heterocycles. The van der Waals surface area contributed by atoms with E-state index in [1.165, 1.54) is 15.3 Å². The van der Waals surface area contributed by atoms with Crippen LogP contribution in [-0.2, 0) is 12.8 Å². The lowest BCUT2D eigenvalue weighted by atomic mass is 10.1. The second-order valence-corrected chi connectivity index (χ2v) is 6.68. The molecule has 0 radical (unpaired) electrons. The van der Waals surface area contributed by atoms with Gasteiger partial charge in [-0.25, -0.2) is 9.97 Å². The van der Waals surface area contributed by atoms with Crippen molar-refractivity contribution >= 4 is 23.0 Å². The summed E-state index contributed by atoms with van der Waals surface area (Å²) >= 11 is 1.86. The van der Waals surface area contributed by atoms with E-state index >= 15 is 0 Å². The van der Waals surface area contributed by atoms with Gasteiger partial charge in [-0.2, -0.15) is 0 Å². The third-order valence-electron chi connectivity index (χ3n) is 3.37. The van der Waals surface area contributed by atoms with Crippen LogP contribution in [0.15, 0.2) is 18.5 Å². The zero-order chi connectivity index (χ0) is 15.2. The fraction of sp³-hybridized carbons (Fsp3) is 0.500. The van der Waals surface area contributed by atoms with Gasteiger partial charge in [-0.3, -0.25) is 0 Å². The molecule has 1 atom stereocenters. The Hall–Kier alpha value is -1.62. The van der Waals surface area contributed by atoms with Gasteiger partial charge in [0.1, 0.15) is 18.0 Å². The Morgan fingerprint density at radius 1 is 1.24 bits per heavy atom. The molecule has 0 bridgehead atoms. The van der Waals surface area contributed by atoms with Crippen molar-refractivity contribution in [1.29, 1.82) is 0 Å². The van der Waals surface area contributed by atoms with Crippen molar-refractivity contribution in [2.45, 2.75) is 46.1 Å². The van der Waals surface area contributed by atoms with Gasteiger partial charge in [0.15, 0.2) is 0 Å². The quantitative estimate of drug-likeness (QED) is 0.815. The summed E-state index contributed by atoms with van der Waals surface area (Å²) in [4.78, 5) is 11.5. The first-order chi connectivity index (χ1) is 10.1. The van der Waals surface area contributed by atoms with Crippen LogP contribution in [0, 0.1) is 6.92 Å². The summed E-state index contributed by atoms with van der Waals surface area (Å²) in [6.45, 7) is 6.52. The molecule has 0 aliphatic heterocycles. The van der Waals surface area contributed by atoms with Crippen molar-refractivity contribution in [2.24, 2.45) is 0 Å². The Bertz CT molecular complexity index is 579. The topological polar surface area (TPSA) is 49.8 Å². The Morgan fingerprint density at radius 2 is 2.00 bits per heavy atom. The smallest absolute Gasteiger partial charge is 0.134 e. The summed E-state index contributed by atoms with van der Waals surface area (Å²) in [6, 6.07) is 4.74. The standard InChI is InChI=1S/C16H24N4S/c1-5-6-14-15(17-4)18-10-19-16(14)20-11(2)9-13-8-7-12(3)21-13/h7-8,10-11H,5-6,9H2,1-4H3,(H2,17,18,19,20). The average Bonchev–Trinajstić information content (AvgIpc) is 2.86. The van der Waals surface area contributed by atoms with E-state index < -0.39 is 0 Å². The molecular weight excluding hydrogens is 280 g/mol. The number of rotatable bonds is 7. The number of thiophene rings is 1. The molecule has 0 aliphatic rings. The first-order valence-electron chi connectivity index (χ1n) is 7.47. The van der Waals surface area contributed by atoms with Gasteiger partial charge >= 0.3 is 0 Å². The maximum Gasteiger partial charge on any atom is 0.134 e. The van der Waals surface area contributed by atoms with Gasteiger partial charge in [-0.1, -0.05) is 13.3 Å². The second kappa shape index (κ2) is 7.41. The minimum absolute atomic E-state index is 0.346. The molecule has 0 aliphatic carbocycles. The van der Waals surface area contributed by atoms with Crippen LogP contribution in [0.2, 0.25) is 0 Å². The van der Waals surface area contributed by atoms with E-state index in [1.54, 1.807) is 6.33 Å². The molecule has 2 rings (SSSR count). The van der Waals surface area contributed by atoms with Crippen LogP contribution < -0.4 is 10.6 Å². The molecule has 21 heavy (non-hydrogen) atoms. The number of nitrogens with one attached hydrogen (secondary N) is 2. The third-order valence-corrected chi connectivity index (χ3v) is 4.39. The van der Waals surface area contributed by atoms with Crippen molar-refractivity contribution < 1.29 is 0 Å². The highest BCUT2D eigenvalue weighted by molar-refractivity contribution is 7.11. The fourth-order valence-electron chi connectivity index (χ4n) is 2.42. The average molecular weight is 304 g/mol. The number of hydrogen-bond acceptors (Lipinski definition) is 5. The van der Waals surface area contributed by atoms with Crippen LogP contribution in [-0.4, -0.2) is 23.1 Å². The van der Waals surface area contributed by atoms with Gasteiger partial charge in [0.05, 0.1) is 0 Å². The van der Waals surface area contributed by atoms with Crippen molar-refractivity contribution in [3.63, 3.8) is 0 Å². The molecular formula is C16H24N4S. The Kier molecular flexibility index (Phi) is 5.56. The van der Waals surface area contributed by atoms with E-state index in [2.05, 4.69) is 53.5 Å². The molecule has 5 heteroatoms. The largest absolute Gasteiger partial charge is 0.373 e. The van der Waals surface area contributed by atoms with Gasteiger partial charge in [0.25, 0.3) is 0 Å². The minimum Gasteiger partial charge on any atom is -0.373 e. The van der Waals surface area contributed by atoms with Gasteiger partial charge < -0.3 is 10.6 Å². The van der Waals surface area contributed by atoms with E-state index in [4.69, 9.17) is 0 Å². The van der Waals surface area contributed by atoms with E-state index in [0.29, 0.717) is 6.04 Å². The van der Waals surface area contributed by atoms with Crippen LogP contribution in [0.5, 0.6) is 0 Å². The summed E-state index contributed by atoms with van der Waals surface area (Å²) in [6.07, 6.45) is 4.69. The molecule has 2 aromatic heterocycles. The van der Waals surface area contributed by atoms with Crippen LogP contribution in [0.3, 0.4) is 0 Å². The van der Waals surface area contributed by atoms with E-state index in [9.17, 15) is 0 Å². The Balaban J connectivity index is 2.10. The van der Waals surface area contributed by atoms with Crippen LogP contribution >= 0.6 is 11.3 Å². The van der Waals surface area contributed by atoms with Gasteiger partial charge in [0.2, 0.25) is 0 Å². The van der Waals surface area contributed by atoms with Crippen molar-refractivity contribution in [2.75, 3.05) is 17.7 Å². The lowest BCUT2D eigenvalue weighted by molar-refractivity contribution is 0.785. The monoisotopic (exact) mass is 304 g/mol. The van der Waals surface area contributed by atoms with Crippen LogP contribution in [0.1, 0.15) is 35.6 Å². The van der Waals surface area contributed by atoms with Gasteiger partial charge in [-0.15, -0.1) is 11.3 Å². The molecule has 2 heterocycles. The van der Waals surface area contributed by atoms with Gasteiger partial charge in [-0.05, 0) is 32.4 Å². The molecule has 0 spiro atoms. The lowest BCUT2D eigenvalue weighted by Crippen LogP contribution is -2.20. The molecule has 0 aromatic carbocycles. The zero-order valence-electron chi connectivity index (χ0n) is 13.2. The first kappa shape index (κ1) is 15.8. The highest BCUT2D eigenvalue weighted by atomic mass is 32.1. The predicted octanol–water partition coefficient (Wildman–Crippen LogP) is 3.88. The Morgan fingerprint density at radius 3 is 2.62 bits per heavy atom. The first-order valence-corrected chi connectivity index (χ1v) is 8.29. The summed E-state index contributed by atoms with van der Waals surface area (Å²) < 4.78 is 0. The molecule has 2 aromatic rings. The molecule has 1 unspecified atom stereocenters. The number of anilines is 2. The van der Waals surface area contributed by atoms with Crippen LogP contribution in [0.4, 0.5) is 11.6 Å². The summed E-state index contributed by atoms with van der Waals surface area (Å²) in [7, 11) is 1.91. The predicted molar refractivity (Wildman–Crippen MR) is 91.4 cm³/mol. The number of hydrogen-bond donors (Lipinski definition) is 2. The normalized spacial score (nSPS) is 12.2. The summed E-state index contributed by atoms with van der Waals surface area (Å²) in [5.41, 5.74) is 1.18. The lowest BCUT2D eigenvalue weighted by Gasteiger charge is -2.18. The number of aromatic nitrogens is 2. The maximum absolute atomic E-state index is 4.43. The summed E-state index contributed by atoms with van der Waals surface area (Å²) in [5.74, 6) is 1.88. The number of aryl methyl sites for hydroxylation is 1. The fourth-order valence-corrected chi connectivity index (χ4v) is 3.44. The highest BCUT2D eigenvalue weighted by Gasteiger charge is 2.13. The van der Waals surface area contributed by atoms with E-state index in [1.807, 2.05) is 18.4 Å². The van der Waals surface area contributed by atoms with Crippen LogP contribution in [0.25, 0.3) is 0 Å². The third kappa shape index (κ3) is 4.17. The zero-order valence-corrected chi connectivity index (χ0v) is 14.0. The maximum atomic E-state index is 4.43. The van der Waals surface area contributed by atoms with E-state index in [-0.39, 0.29) is 0 Å². The molecule has 0 saturated carbocycles.